The van der Waals surface area contributed by atoms with Gasteiger partial charge >= 0.3 is 12.2 Å². The third kappa shape index (κ3) is 6.12. The number of amides is 2. The Morgan fingerprint density at radius 3 is 2.30 bits per heavy atom. The Balaban J connectivity index is 1.87. The lowest BCUT2D eigenvalue weighted by atomic mass is 9.79. The molecule has 190 valence electrons. The maximum absolute atomic E-state index is 13.7. The average molecular weight is 524 g/mol. The van der Waals surface area contributed by atoms with Gasteiger partial charge in [-0.2, -0.15) is 13.2 Å². The number of urea groups is 1. The van der Waals surface area contributed by atoms with E-state index in [2.05, 4.69) is 15.6 Å². The van der Waals surface area contributed by atoms with Crippen molar-refractivity contribution in [2.24, 2.45) is 0 Å². The van der Waals surface area contributed by atoms with E-state index in [4.69, 9.17) is 11.6 Å². The molecule has 1 unspecified atom stereocenters. The summed E-state index contributed by atoms with van der Waals surface area (Å²) in [4.78, 5) is 17.9. The van der Waals surface area contributed by atoms with Crippen LogP contribution in [-0.2, 0) is 18.1 Å². The second-order valence-electron chi connectivity index (χ2n) is 8.91. The molecule has 1 heterocycles. The number of aromatic nitrogens is 1. The standard InChI is InChI=1S/C29H25ClF3N3O/c1-19-13-14-34-26(15-19)28(18-21-7-4-3-5-8-21,22-9-6-10-23(16-22)29(31,32)33)36-27(37)35-24-12-11-20(2)25(30)17-24/h3-17H,18H2,1-2H3,(H2,35,36,37). The van der Waals surface area contributed by atoms with E-state index in [-0.39, 0.29) is 12.0 Å². The van der Waals surface area contributed by atoms with E-state index in [0.717, 1.165) is 28.8 Å². The molecule has 1 atom stereocenters. The van der Waals surface area contributed by atoms with Crippen LogP contribution in [-0.4, -0.2) is 11.0 Å². The molecule has 2 amide bonds. The number of aryl methyl sites for hydroxylation is 2. The summed E-state index contributed by atoms with van der Waals surface area (Å²) in [7, 11) is 0. The molecule has 0 aliphatic heterocycles. The second kappa shape index (κ2) is 10.6. The number of rotatable bonds is 6. The Bertz CT molecular complexity index is 1410. The Morgan fingerprint density at radius 1 is 0.892 bits per heavy atom. The highest BCUT2D eigenvalue weighted by Crippen LogP contribution is 2.37. The summed E-state index contributed by atoms with van der Waals surface area (Å²) in [5.41, 5.74) is 1.37. The fourth-order valence-corrected chi connectivity index (χ4v) is 4.36. The highest BCUT2D eigenvalue weighted by Gasteiger charge is 2.40. The first-order valence-electron chi connectivity index (χ1n) is 11.6. The molecular weight excluding hydrogens is 499 g/mol. The van der Waals surface area contributed by atoms with E-state index in [1.807, 2.05) is 44.2 Å². The van der Waals surface area contributed by atoms with E-state index in [0.29, 0.717) is 16.4 Å². The summed E-state index contributed by atoms with van der Waals surface area (Å²) in [5.74, 6) is 0. The topological polar surface area (TPSA) is 54.0 Å². The zero-order chi connectivity index (χ0) is 26.6. The number of pyridine rings is 1. The van der Waals surface area contributed by atoms with Crippen LogP contribution in [0.1, 0.15) is 33.5 Å². The summed E-state index contributed by atoms with van der Waals surface area (Å²) in [6.45, 7) is 3.70. The Labute approximate surface area is 218 Å². The van der Waals surface area contributed by atoms with E-state index in [1.54, 1.807) is 42.6 Å². The molecule has 0 aliphatic rings. The summed E-state index contributed by atoms with van der Waals surface area (Å²) in [6, 6.07) is 22.3. The van der Waals surface area contributed by atoms with Crippen molar-refractivity contribution in [2.75, 3.05) is 5.32 Å². The Morgan fingerprint density at radius 2 is 1.62 bits per heavy atom. The van der Waals surface area contributed by atoms with Gasteiger partial charge < -0.3 is 10.6 Å². The first kappa shape index (κ1) is 26.2. The van der Waals surface area contributed by atoms with Crippen molar-refractivity contribution < 1.29 is 18.0 Å². The second-order valence-corrected chi connectivity index (χ2v) is 9.31. The fraction of sp³-hybridized carbons (Fsp3) is 0.172. The molecule has 4 rings (SSSR count). The number of hydrogen-bond acceptors (Lipinski definition) is 2. The molecule has 0 radical (unpaired) electrons. The van der Waals surface area contributed by atoms with Gasteiger partial charge in [-0.25, -0.2) is 4.79 Å². The third-order valence-electron chi connectivity index (χ3n) is 6.10. The zero-order valence-corrected chi connectivity index (χ0v) is 21.0. The highest BCUT2D eigenvalue weighted by atomic mass is 35.5. The Kier molecular flexibility index (Phi) is 7.55. The smallest absolute Gasteiger partial charge is 0.322 e. The van der Waals surface area contributed by atoms with E-state index < -0.39 is 23.3 Å². The van der Waals surface area contributed by atoms with Crippen LogP contribution in [0.25, 0.3) is 0 Å². The van der Waals surface area contributed by atoms with Gasteiger partial charge in [0, 0.05) is 23.3 Å². The first-order chi connectivity index (χ1) is 17.6. The molecular formula is C29H25ClF3N3O. The molecule has 4 aromatic rings. The number of carbonyl (C=O) groups is 1. The van der Waals surface area contributed by atoms with Crippen molar-refractivity contribution in [2.45, 2.75) is 32.0 Å². The minimum atomic E-state index is -4.56. The first-order valence-corrected chi connectivity index (χ1v) is 11.9. The number of benzene rings is 3. The summed E-state index contributed by atoms with van der Waals surface area (Å²) in [5, 5.41) is 6.22. The van der Waals surface area contributed by atoms with Crippen molar-refractivity contribution >= 4 is 23.3 Å². The molecule has 3 aromatic carbocycles. The van der Waals surface area contributed by atoms with Gasteiger partial charge in [0.2, 0.25) is 0 Å². The predicted octanol–water partition coefficient (Wildman–Crippen LogP) is 7.68. The minimum absolute atomic E-state index is 0.160. The molecule has 1 aromatic heterocycles. The highest BCUT2D eigenvalue weighted by molar-refractivity contribution is 6.31. The fourth-order valence-electron chi connectivity index (χ4n) is 4.18. The van der Waals surface area contributed by atoms with Crippen LogP contribution < -0.4 is 10.6 Å². The van der Waals surface area contributed by atoms with Crippen LogP contribution in [0.3, 0.4) is 0 Å². The molecule has 2 N–H and O–H groups in total. The minimum Gasteiger partial charge on any atom is -0.322 e. The quantitative estimate of drug-likeness (QED) is 0.272. The molecule has 8 heteroatoms. The molecule has 0 saturated heterocycles. The molecule has 0 spiro atoms. The summed E-state index contributed by atoms with van der Waals surface area (Å²) < 4.78 is 41.2. The lowest BCUT2D eigenvalue weighted by Gasteiger charge is -2.36. The van der Waals surface area contributed by atoms with Crippen molar-refractivity contribution in [3.05, 3.63) is 130 Å². The van der Waals surface area contributed by atoms with Gasteiger partial charge in [-0.1, -0.05) is 60.1 Å². The number of alkyl halides is 3. The normalized spacial score (nSPS) is 13.0. The van der Waals surface area contributed by atoms with Gasteiger partial charge in [0.15, 0.2) is 0 Å². The van der Waals surface area contributed by atoms with Gasteiger partial charge in [0.1, 0.15) is 5.54 Å². The maximum atomic E-state index is 13.7. The number of nitrogens with one attached hydrogen (secondary N) is 2. The van der Waals surface area contributed by atoms with Crippen LogP contribution in [0, 0.1) is 13.8 Å². The largest absolute Gasteiger partial charge is 0.416 e. The van der Waals surface area contributed by atoms with Crippen molar-refractivity contribution in [3.63, 3.8) is 0 Å². The predicted molar refractivity (Wildman–Crippen MR) is 140 cm³/mol. The van der Waals surface area contributed by atoms with Crippen molar-refractivity contribution in [1.29, 1.82) is 0 Å². The number of hydrogen-bond donors (Lipinski definition) is 2. The van der Waals surface area contributed by atoms with Crippen LogP contribution in [0.4, 0.5) is 23.7 Å². The van der Waals surface area contributed by atoms with Crippen LogP contribution in [0.15, 0.2) is 91.1 Å². The molecule has 37 heavy (non-hydrogen) atoms. The van der Waals surface area contributed by atoms with E-state index in [9.17, 15) is 18.0 Å². The van der Waals surface area contributed by atoms with Crippen LogP contribution >= 0.6 is 11.6 Å². The van der Waals surface area contributed by atoms with Gasteiger partial charge in [0.05, 0.1) is 11.3 Å². The number of carbonyl (C=O) groups excluding carboxylic acids is 1. The van der Waals surface area contributed by atoms with Gasteiger partial charge in [0.25, 0.3) is 0 Å². The number of nitrogens with zero attached hydrogens (tertiary/aromatic N) is 1. The molecule has 0 aliphatic carbocycles. The molecule has 4 nitrogen and oxygen atoms in total. The average Bonchev–Trinajstić information content (AvgIpc) is 2.86. The summed E-state index contributed by atoms with van der Waals surface area (Å²) >= 11 is 6.22. The monoisotopic (exact) mass is 523 g/mol. The van der Waals surface area contributed by atoms with E-state index >= 15 is 0 Å². The van der Waals surface area contributed by atoms with Crippen molar-refractivity contribution in [3.8, 4) is 0 Å². The van der Waals surface area contributed by atoms with Gasteiger partial charge in [-0.15, -0.1) is 0 Å². The SMILES string of the molecule is Cc1ccnc(C(Cc2ccccc2)(NC(=O)Nc2ccc(C)c(Cl)c2)c2cccc(C(F)(F)F)c2)c1. The van der Waals surface area contributed by atoms with Crippen LogP contribution in [0.5, 0.6) is 0 Å². The lowest BCUT2D eigenvalue weighted by molar-refractivity contribution is -0.137. The zero-order valence-electron chi connectivity index (χ0n) is 20.2. The Hall–Kier alpha value is -3.84. The molecule has 0 bridgehead atoms. The molecule has 0 saturated carbocycles. The number of halogens is 4. The van der Waals surface area contributed by atoms with Gasteiger partial charge in [-0.05, 0) is 72.5 Å². The third-order valence-corrected chi connectivity index (χ3v) is 6.51. The van der Waals surface area contributed by atoms with Crippen molar-refractivity contribution in [1.82, 2.24) is 10.3 Å². The van der Waals surface area contributed by atoms with E-state index in [1.165, 1.54) is 6.07 Å². The summed E-state index contributed by atoms with van der Waals surface area (Å²) in [6.07, 6.45) is -2.82. The number of anilines is 1. The lowest BCUT2D eigenvalue weighted by Crippen LogP contribution is -2.50. The maximum Gasteiger partial charge on any atom is 0.416 e. The van der Waals surface area contributed by atoms with Gasteiger partial charge in [-0.3, -0.25) is 4.98 Å². The molecule has 0 fully saturated rings. The van der Waals surface area contributed by atoms with Crippen LogP contribution in [0.2, 0.25) is 5.02 Å².